The predicted octanol–water partition coefficient (Wildman–Crippen LogP) is -0.595. The van der Waals surface area contributed by atoms with Gasteiger partial charge in [-0.2, -0.15) is 0 Å². The largest absolute Gasteiger partial charge is 0.480 e. The molecule has 90 valence electrons. The zero-order chi connectivity index (χ0) is 12.0. The fraction of sp³-hybridized carbons (Fsp3) is 0.556. The molecule has 8 heteroatoms. The lowest BCUT2D eigenvalue weighted by Crippen LogP contribution is -2.55. The fourth-order valence-electron chi connectivity index (χ4n) is 2.24. The molecule has 17 heavy (non-hydrogen) atoms. The van der Waals surface area contributed by atoms with Crippen LogP contribution in [0.1, 0.15) is 6.42 Å². The van der Waals surface area contributed by atoms with E-state index in [-0.39, 0.29) is 16.5 Å². The number of carbonyl (C=O) groups is 2. The van der Waals surface area contributed by atoms with Crippen molar-refractivity contribution in [3.8, 4) is 0 Å². The maximum Gasteiger partial charge on any atom is 0.327 e. The summed E-state index contributed by atoms with van der Waals surface area (Å²) in [6, 6.07) is -0.740. The number of nitrogens with zero attached hydrogens (tertiary/aromatic N) is 4. The van der Waals surface area contributed by atoms with Crippen molar-refractivity contribution in [2.45, 2.75) is 29.6 Å². The Morgan fingerprint density at radius 1 is 1.65 bits per heavy atom. The molecular formula is C9H10N4O3S. The molecule has 1 N–H and O–H groups in total. The van der Waals surface area contributed by atoms with Crippen molar-refractivity contribution in [2.75, 3.05) is 0 Å². The van der Waals surface area contributed by atoms with Crippen LogP contribution in [0.4, 0.5) is 0 Å². The average molecular weight is 254 g/mol. The van der Waals surface area contributed by atoms with Gasteiger partial charge in [-0.1, -0.05) is 5.21 Å². The molecule has 3 unspecified atom stereocenters. The SMILES string of the molecule is O=C(O)C1C(Cn2ccnn2)SC2CC(=O)N21. The van der Waals surface area contributed by atoms with E-state index in [9.17, 15) is 14.7 Å². The van der Waals surface area contributed by atoms with Crippen LogP contribution in [0.2, 0.25) is 0 Å². The molecule has 2 saturated heterocycles. The van der Waals surface area contributed by atoms with Crippen molar-refractivity contribution in [3.63, 3.8) is 0 Å². The third-order valence-corrected chi connectivity index (χ3v) is 4.49. The average Bonchev–Trinajstić information content (AvgIpc) is 2.84. The highest BCUT2D eigenvalue weighted by molar-refractivity contribution is 8.01. The second-order valence-electron chi connectivity index (χ2n) is 4.04. The maximum atomic E-state index is 11.4. The smallest absolute Gasteiger partial charge is 0.327 e. The molecule has 1 aromatic rings. The number of rotatable bonds is 3. The first-order chi connectivity index (χ1) is 8.16. The van der Waals surface area contributed by atoms with E-state index >= 15 is 0 Å². The number of β-lactam (4-membered cyclic amide) rings is 1. The number of hydrogen-bond acceptors (Lipinski definition) is 5. The van der Waals surface area contributed by atoms with Gasteiger partial charge in [-0.25, -0.2) is 4.79 Å². The Balaban J connectivity index is 1.80. The van der Waals surface area contributed by atoms with Crippen LogP contribution in [-0.2, 0) is 16.1 Å². The van der Waals surface area contributed by atoms with Crippen molar-refractivity contribution in [3.05, 3.63) is 12.4 Å². The molecule has 0 aromatic carbocycles. The van der Waals surface area contributed by atoms with Crippen molar-refractivity contribution in [1.29, 1.82) is 0 Å². The van der Waals surface area contributed by atoms with Gasteiger partial charge in [0, 0.05) is 6.20 Å². The molecule has 0 bridgehead atoms. The highest BCUT2D eigenvalue weighted by Gasteiger charge is 2.54. The summed E-state index contributed by atoms with van der Waals surface area (Å²) < 4.78 is 1.60. The number of carboxylic acid groups (broad SMARTS) is 1. The molecule has 0 radical (unpaired) electrons. The molecule has 2 aliphatic rings. The second-order valence-corrected chi connectivity index (χ2v) is 5.46. The van der Waals surface area contributed by atoms with E-state index in [1.54, 1.807) is 17.1 Å². The molecule has 7 nitrogen and oxygen atoms in total. The zero-order valence-electron chi connectivity index (χ0n) is 8.76. The molecule has 1 amide bonds. The lowest BCUT2D eigenvalue weighted by Gasteiger charge is -2.35. The standard InChI is InChI=1S/C9H10N4O3S/c14-6-3-7-13(6)8(9(15)16)5(17-7)4-12-2-1-10-11-12/h1-2,5,7-8H,3-4H2,(H,15,16). The van der Waals surface area contributed by atoms with Gasteiger partial charge in [0.1, 0.15) is 6.04 Å². The minimum Gasteiger partial charge on any atom is -0.480 e. The molecule has 3 atom stereocenters. The van der Waals surface area contributed by atoms with E-state index in [1.807, 2.05) is 0 Å². The lowest BCUT2D eigenvalue weighted by molar-refractivity contribution is -0.156. The summed E-state index contributed by atoms with van der Waals surface area (Å²) in [6.45, 7) is 0.460. The first-order valence-corrected chi connectivity index (χ1v) is 6.14. The summed E-state index contributed by atoms with van der Waals surface area (Å²) in [5, 5.41) is 16.6. The van der Waals surface area contributed by atoms with Gasteiger partial charge in [-0.05, 0) is 0 Å². The fourth-order valence-corrected chi connectivity index (χ4v) is 3.90. The summed E-state index contributed by atoms with van der Waals surface area (Å²) in [7, 11) is 0. The monoisotopic (exact) mass is 254 g/mol. The highest BCUT2D eigenvalue weighted by atomic mass is 32.2. The number of carboxylic acids is 1. The van der Waals surface area contributed by atoms with Crippen LogP contribution < -0.4 is 0 Å². The quantitative estimate of drug-likeness (QED) is 0.725. The van der Waals surface area contributed by atoms with E-state index < -0.39 is 12.0 Å². The van der Waals surface area contributed by atoms with Gasteiger partial charge in [-0.15, -0.1) is 16.9 Å². The van der Waals surface area contributed by atoms with Crippen LogP contribution in [0.15, 0.2) is 12.4 Å². The van der Waals surface area contributed by atoms with Gasteiger partial charge in [0.15, 0.2) is 0 Å². The zero-order valence-corrected chi connectivity index (χ0v) is 9.58. The maximum absolute atomic E-state index is 11.4. The van der Waals surface area contributed by atoms with E-state index in [0.29, 0.717) is 13.0 Å². The molecule has 0 spiro atoms. The Morgan fingerprint density at radius 2 is 2.47 bits per heavy atom. The van der Waals surface area contributed by atoms with Crippen LogP contribution >= 0.6 is 11.8 Å². The van der Waals surface area contributed by atoms with Crippen molar-refractivity contribution >= 4 is 23.6 Å². The summed E-state index contributed by atoms with van der Waals surface area (Å²) in [6.07, 6.45) is 3.69. The summed E-state index contributed by atoms with van der Waals surface area (Å²) >= 11 is 1.53. The van der Waals surface area contributed by atoms with Crippen molar-refractivity contribution < 1.29 is 14.7 Å². The van der Waals surface area contributed by atoms with Crippen molar-refractivity contribution in [1.82, 2.24) is 19.9 Å². The Bertz CT molecular complexity index is 463. The van der Waals surface area contributed by atoms with Gasteiger partial charge in [0.25, 0.3) is 0 Å². The number of aromatic nitrogens is 3. The first-order valence-electron chi connectivity index (χ1n) is 5.20. The molecular weight excluding hydrogens is 244 g/mol. The highest BCUT2D eigenvalue weighted by Crippen LogP contribution is 2.44. The number of carbonyl (C=O) groups excluding carboxylic acids is 1. The van der Waals surface area contributed by atoms with Gasteiger partial charge in [0.05, 0.1) is 29.8 Å². The van der Waals surface area contributed by atoms with Crippen LogP contribution in [0.25, 0.3) is 0 Å². The Hall–Kier alpha value is -1.57. The minimum atomic E-state index is -0.946. The lowest BCUT2D eigenvalue weighted by atomic mass is 10.1. The van der Waals surface area contributed by atoms with Gasteiger partial charge >= 0.3 is 5.97 Å². The summed E-state index contributed by atoms with van der Waals surface area (Å²) in [4.78, 5) is 24.1. The normalized spacial score (nSPS) is 31.2. The predicted molar refractivity (Wildman–Crippen MR) is 58.1 cm³/mol. The Kier molecular flexibility index (Phi) is 2.32. The van der Waals surface area contributed by atoms with Crippen LogP contribution in [0.3, 0.4) is 0 Å². The summed E-state index contributed by atoms with van der Waals surface area (Å²) in [5.74, 6) is -1.02. The van der Waals surface area contributed by atoms with E-state index in [1.165, 1.54) is 16.7 Å². The molecule has 0 saturated carbocycles. The molecule has 1 aromatic heterocycles. The number of hydrogen-bond donors (Lipinski definition) is 1. The Labute approximate surface area is 101 Å². The van der Waals surface area contributed by atoms with Gasteiger partial charge in [0.2, 0.25) is 5.91 Å². The van der Waals surface area contributed by atoms with Crippen molar-refractivity contribution in [2.24, 2.45) is 0 Å². The van der Waals surface area contributed by atoms with Crippen LogP contribution in [0, 0.1) is 0 Å². The summed E-state index contributed by atoms with van der Waals surface area (Å²) in [5.41, 5.74) is 0. The van der Waals surface area contributed by atoms with Gasteiger partial charge in [-0.3, -0.25) is 9.48 Å². The third-order valence-electron chi connectivity index (χ3n) is 3.02. The van der Waals surface area contributed by atoms with E-state index in [2.05, 4.69) is 10.3 Å². The molecule has 3 rings (SSSR count). The number of thioether (sulfide) groups is 1. The number of fused-ring (bicyclic) bond motifs is 1. The Morgan fingerprint density at radius 3 is 3.06 bits per heavy atom. The van der Waals surface area contributed by atoms with Gasteiger partial charge < -0.3 is 10.0 Å². The van der Waals surface area contributed by atoms with Crippen LogP contribution in [-0.4, -0.2) is 53.5 Å². The van der Waals surface area contributed by atoms with E-state index in [4.69, 9.17) is 0 Å². The minimum absolute atomic E-state index is 0.0251. The van der Waals surface area contributed by atoms with E-state index in [0.717, 1.165) is 0 Å². The molecule has 2 fully saturated rings. The molecule has 3 heterocycles. The second kappa shape index (κ2) is 3.73. The topological polar surface area (TPSA) is 88.3 Å². The number of amides is 1. The molecule has 2 aliphatic heterocycles. The number of aliphatic carboxylic acids is 1. The molecule has 0 aliphatic carbocycles. The van der Waals surface area contributed by atoms with Crippen LogP contribution in [0.5, 0.6) is 0 Å². The third kappa shape index (κ3) is 1.59. The first kappa shape index (κ1) is 10.6.